The van der Waals surface area contributed by atoms with Gasteiger partial charge in [0.1, 0.15) is 11.8 Å². The number of aromatic hydroxyl groups is 1. The van der Waals surface area contributed by atoms with Gasteiger partial charge in [-0.25, -0.2) is 0 Å². The molecule has 1 atom stereocenters. The summed E-state index contributed by atoms with van der Waals surface area (Å²) < 4.78 is 0. The highest BCUT2D eigenvalue weighted by molar-refractivity contribution is 5.76. The van der Waals surface area contributed by atoms with E-state index in [1.807, 2.05) is 6.07 Å². The third kappa shape index (κ3) is 2.56. The van der Waals surface area contributed by atoms with Gasteiger partial charge in [-0.1, -0.05) is 6.07 Å². The molecule has 0 amide bonds. The van der Waals surface area contributed by atoms with E-state index in [1.165, 1.54) is 6.42 Å². The number of phenolic OH excluding ortho intramolecular Hbond substituents is 1. The van der Waals surface area contributed by atoms with Gasteiger partial charge in [0.15, 0.2) is 0 Å². The Morgan fingerprint density at radius 2 is 1.94 bits per heavy atom. The zero-order valence-electron chi connectivity index (χ0n) is 10.2. The van der Waals surface area contributed by atoms with Crippen LogP contribution in [-0.4, -0.2) is 29.3 Å². The Morgan fingerprint density at radius 1 is 1.28 bits per heavy atom. The topological polar surface area (TPSA) is 86.8 Å². The van der Waals surface area contributed by atoms with Crippen molar-refractivity contribution in [1.82, 2.24) is 0 Å². The highest BCUT2D eigenvalue weighted by atomic mass is 16.4. The van der Waals surface area contributed by atoms with E-state index >= 15 is 0 Å². The fourth-order valence-corrected chi connectivity index (χ4v) is 2.28. The molecule has 4 N–H and O–H groups in total. The Balaban J connectivity index is 2.21. The van der Waals surface area contributed by atoms with Gasteiger partial charge in [0.25, 0.3) is 0 Å². The number of aliphatic carboxylic acids is 1. The SMILES string of the molecule is N[C@@H](C(=O)O)c1ccc(N2CCCCC2)cc1O. The molecule has 5 nitrogen and oxygen atoms in total. The first-order valence-electron chi connectivity index (χ1n) is 6.16. The first-order valence-corrected chi connectivity index (χ1v) is 6.16. The fraction of sp³-hybridized carbons (Fsp3) is 0.462. The zero-order chi connectivity index (χ0) is 13.1. The van der Waals surface area contributed by atoms with Crippen molar-refractivity contribution in [3.63, 3.8) is 0 Å². The second-order valence-corrected chi connectivity index (χ2v) is 4.61. The first kappa shape index (κ1) is 12.7. The van der Waals surface area contributed by atoms with Crippen LogP contribution >= 0.6 is 0 Å². The smallest absolute Gasteiger partial charge is 0.325 e. The minimum absolute atomic E-state index is 0.0482. The van der Waals surface area contributed by atoms with Gasteiger partial charge in [-0.2, -0.15) is 0 Å². The van der Waals surface area contributed by atoms with Crippen molar-refractivity contribution >= 4 is 11.7 Å². The summed E-state index contributed by atoms with van der Waals surface area (Å²) >= 11 is 0. The number of carboxylic acids is 1. The number of benzene rings is 1. The molecular weight excluding hydrogens is 232 g/mol. The second kappa shape index (κ2) is 5.27. The van der Waals surface area contributed by atoms with Crippen LogP contribution in [-0.2, 0) is 4.79 Å². The van der Waals surface area contributed by atoms with Crippen LogP contribution in [0.25, 0.3) is 0 Å². The van der Waals surface area contributed by atoms with Gasteiger partial charge >= 0.3 is 5.97 Å². The van der Waals surface area contributed by atoms with Crippen LogP contribution < -0.4 is 10.6 Å². The Hall–Kier alpha value is -1.75. The van der Waals surface area contributed by atoms with Crippen LogP contribution in [0.3, 0.4) is 0 Å². The molecule has 98 valence electrons. The molecule has 0 aromatic heterocycles. The van der Waals surface area contributed by atoms with Gasteiger partial charge in [0, 0.05) is 30.4 Å². The van der Waals surface area contributed by atoms with E-state index in [4.69, 9.17) is 10.8 Å². The summed E-state index contributed by atoms with van der Waals surface area (Å²) in [5, 5.41) is 18.7. The van der Waals surface area contributed by atoms with Crippen molar-refractivity contribution in [2.45, 2.75) is 25.3 Å². The molecule has 18 heavy (non-hydrogen) atoms. The maximum absolute atomic E-state index is 10.8. The monoisotopic (exact) mass is 250 g/mol. The van der Waals surface area contributed by atoms with Gasteiger partial charge in [0.2, 0.25) is 0 Å². The molecule has 1 aliphatic heterocycles. The molecule has 5 heteroatoms. The number of hydrogen-bond donors (Lipinski definition) is 3. The first-order chi connectivity index (χ1) is 8.59. The number of anilines is 1. The molecule has 1 aromatic carbocycles. The summed E-state index contributed by atoms with van der Waals surface area (Å²) in [5.74, 6) is -1.19. The normalized spacial score (nSPS) is 17.5. The Morgan fingerprint density at radius 3 is 2.50 bits per heavy atom. The van der Waals surface area contributed by atoms with E-state index in [0.717, 1.165) is 31.6 Å². The van der Waals surface area contributed by atoms with Crippen molar-refractivity contribution in [1.29, 1.82) is 0 Å². The highest BCUT2D eigenvalue weighted by Crippen LogP contribution is 2.29. The minimum Gasteiger partial charge on any atom is -0.508 e. The zero-order valence-corrected chi connectivity index (χ0v) is 10.2. The summed E-state index contributed by atoms with van der Waals surface area (Å²) in [7, 11) is 0. The van der Waals surface area contributed by atoms with E-state index in [9.17, 15) is 9.90 Å². The van der Waals surface area contributed by atoms with Gasteiger partial charge in [-0.15, -0.1) is 0 Å². The van der Waals surface area contributed by atoms with Crippen LogP contribution in [0.1, 0.15) is 30.9 Å². The largest absolute Gasteiger partial charge is 0.508 e. The number of rotatable bonds is 3. The quantitative estimate of drug-likeness (QED) is 0.756. The second-order valence-electron chi connectivity index (χ2n) is 4.61. The molecule has 1 fully saturated rings. The third-order valence-corrected chi connectivity index (χ3v) is 3.34. The predicted molar refractivity (Wildman–Crippen MR) is 68.7 cm³/mol. The molecule has 0 bridgehead atoms. The van der Waals surface area contributed by atoms with Gasteiger partial charge in [-0.3, -0.25) is 4.79 Å². The molecule has 0 spiro atoms. The van der Waals surface area contributed by atoms with E-state index < -0.39 is 12.0 Å². The van der Waals surface area contributed by atoms with Crippen LogP contribution in [0, 0.1) is 0 Å². The molecule has 0 unspecified atom stereocenters. The van der Waals surface area contributed by atoms with Crippen LogP contribution in [0.5, 0.6) is 5.75 Å². The number of phenols is 1. The van der Waals surface area contributed by atoms with E-state index in [-0.39, 0.29) is 11.3 Å². The minimum atomic E-state index is -1.18. The number of nitrogens with two attached hydrogens (primary N) is 1. The van der Waals surface area contributed by atoms with Crippen LogP contribution in [0.15, 0.2) is 18.2 Å². The third-order valence-electron chi connectivity index (χ3n) is 3.34. The lowest BCUT2D eigenvalue weighted by molar-refractivity contribution is -0.138. The summed E-state index contributed by atoms with van der Waals surface area (Å²) in [6.45, 7) is 1.95. The van der Waals surface area contributed by atoms with Crippen molar-refractivity contribution in [2.24, 2.45) is 5.73 Å². The van der Waals surface area contributed by atoms with Crippen molar-refractivity contribution < 1.29 is 15.0 Å². The van der Waals surface area contributed by atoms with E-state index in [0.29, 0.717) is 0 Å². The standard InChI is InChI=1S/C13H18N2O3/c14-12(13(17)18)10-5-4-9(8-11(10)16)15-6-2-1-3-7-15/h4-5,8,12,16H,1-3,6-7,14H2,(H,17,18)/t12-/m1/s1. The lowest BCUT2D eigenvalue weighted by atomic mass is 10.0. The van der Waals surface area contributed by atoms with E-state index in [1.54, 1.807) is 12.1 Å². The average Bonchev–Trinajstić information content (AvgIpc) is 2.38. The molecule has 1 heterocycles. The lowest BCUT2D eigenvalue weighted by Gasteiger charge is -2.29. The Labute approximate surface area is 106 Å². The van der Waals surface area contributed by atoms with Crippen LogP contribution in [0.4, 0.5) is 5.69 Å². The van der Waals surface area contributed by atoms with Gasteiger partial charge < -0.3 is 20.8 Å². The molecule has 2 rings (SSSR count). The Kier molecular flexibility index (Phi) is 3.72. The molecule has 1 aromatic rings. The average molecular weight is 250 g/mol. The molecule has 1 aliphatic rings. The summed E-state index contributed by atoms with van der Waals surface area (Å²) in [6, 6.07) is 3.84. The number of carbonyl (C=O) groups is 1. The number of carboxylic acid groups (broad SMARTS) is 1. The van der Waals surface area contributed by atoms with Crippen LogP contribution in [0.2, 0.25) is 0 Å². The van der Waals surface area contributed by atoms with Gasteiger partial charge in [-0.05, 0) is 25.3 Å². The maximum Gasteiger partial charge on any atom is 0.325 e. The fourth-order valence-electron chi connectivity index (χ4n) is 2.28. The molecule has 1 saturated heterocycles. The highest BCUT2D eigenvalue weighted by Gasteiger charge is 2.19. The summed E-state index contributed by atoms with van der Waals surface area (Å²) in [6.07, 6.45) is 3.54. The van der Waals surface area contributed by atoms with Crippen molar-refractivity contribution in [3.8, 4) is 5.75 Å². The summed E-state index contributed by atoms with van der Waals surface area (Å²) in [4.78, 5) is 13.0. The maximum atomic E-state index is 10.8. The molecular formula is C13H18N2O3. The van der Waals surface area contributed by atoms with Gasteiger partial charge in [0.05, 0.1) is 0 Å². The predicted octanol–water partition coefficient (Wildman–Crippen LogP) is 1.47. The molecule has 0 radical (unpaired) electrons. The number of nitrogens with zero attached hydrogens (tertiary/aromatic N) is 1. The molecule has 0 aliphatic carbocycles. The number of hydrogen-bond acceptors (Lipinski definition) is 4. The summed E-state index contributed by atoms with van der Waals surface area (Å²) in [5.41, 5.74) is 6.67. The Bertz CT molecular complexity index is 442. The molecule has 0 saturated carbocycles. The lowest BCUT2D eigenvalue weighted by Crippen LogP contribution is -2.29. The number of piperidine rings is 1. The van der Waals surface area contributed by atoms with Crippen molar-refractivity contribution in [2.75, 3.05) is 18.0 Å². The van der Waals surface area contributed by atoms with E-state index in [2.05, 4.69) is 4.90 Å². The van der Waals surface area contributed by atoms with Crippen molar-refractivity contribution in [3.05, 3.63) is 23.8 Å².